The molecule has 1 aromatic carbocycles. The van der Waals surface area contributed by atoms with Gasteiger partial charge in [-0.3, -0.25) is 4.79 Å². The van der Waals surface area contributed by atoms with Gasteiger partial charge in [0.1, 0.15) is 0 Å². The molecule has 2 N–H and O–H groups in total. The quantitative estimate of drug-likeness (QED) is 0.822. The first-order valence-corrected chi connectivity index (χ1v) is 5.45. The van der Waals surface area contributed by atoms with Crippen molar-refractivity contribution in [3.05, 3.63) is 28.0 Å². The SMILES string of the molecule is CCNC(=O)CNc1cc(Cl)c(F)c(Cl)c1. The number of anilines is 1. The average molecular weight is 265 g/mol. The number of rotatable bonds is 4. The summed E-state index contributed by atoms with van der Waals surface area (Å²) in [6.45, 7) is 2.47. The highest BCUT2D eigenvalue weighted by Gasteiger charge is 2.08. The summed E-state index contributed by atoms with van der Waals surface area (Å²) in [5, 5.41) is 5.25. The van der Waals surface area contributed by atoms with Crippen LogP contribution in [0.4, 0.5) is 10.1 Å². The van der Waals surface area contributed by atoms with Crippen LogP contribution in [0.1, 0.15) is 6.92 Å². The number of hydrogen-bond acceptors (Lipinski definition) is 2. The Morgan fingerprint density at radius 2 is 1.94 bits per heavy atom. The number of hydrogen-bond donors (Lipinski definition) is 2. The molecule has 0 aliphatic rings. The molecule has 0 aliphatic heterocycles. The second-order valence-electron chi connectivity index (χ2n) is 3.06. The van der Waals surface area contributed by atoms with E-state index < -0.39 is 5.82 Å². The molecule has 1 rings (SSSR count). The molecule has 6 heteroatoms. The van der Waals surface area contributed by atoms with Gasteiger partial charge < -0.3 is 10.6 Å². The van der Waals surface area contributed by atoms with Crippen LogP contribution in [0.15, 0.2) is 12.1 Å². The van der Waals surface area contributed by atoms with E-state index in [1.807, 2.05) is 6.92 Å². The fraction of sp³-hybridized carbons (Fsp3) is 0.300. The molecular formula is C10H11Cl2FN2O. The maximum absolute atomic E-state index is 13.1. The van der Waals surface area contributed by atoms with Crippen LogP contribution >= 0.6 is 23.2 Å². The van der Waals surface area contributed by atoms with E-state index in [-0.39, 0.29) is 22.5 Å². The van der Waals surface area contributed by atoms with Gasteiger partial charge >= 0.3 is 0 Å². The Labute approximate surface area is 103 Å². The molecule has 0 atom stereocenters. The Hall–Kier alpha value is -1.00. The summed E-state index contributed by atoms with van der Waals surface area (Å²) in [6.07, 6.45) is 0. The number of carbonyl (C=O) groups excluding carboxylic acids is 1. The van der Waals surface area contributed by atoms with Crippen LogP contribution in [0.5, 0.6) is 0 Å². The fourth-order valence-corrected chi connectivity index (χ4v) is 1.59. The highest BCUT2D eigenvalue weighted by molar-refractivity contribution is 6.35. The van der Waals surface area contributed by atoms with Crippen molar-refractivity contribution in [3.8, 4) is 0 Å². The summed E-state index contributed by atoms with van der Waals surface area (Å²) in [4.78, 5) is 11.1. The van der Waals surface area contributed by atoms with E-state index in [2.05, 4.69) is 10.6 Å². The largest absolute Gasteiger partial charge is 0.376 e. The molecule has 16 heavy (non-hydrogen) atoms. The Bertz CT molecular complexity index is 375. The predicted octanol–water partition coefficient (Wildman–Crippen LogP) is 2.68. The Kier molecular flexibility index (Phi) is 4.83. The van der Waals surface area contributed by atoms with E-state index in [9.17, 15) is 9.18 Å². The first-order chi connectivity index (χ1) is 7.54. The van der Waals surface area contributed by atoms with Crippen molar-refractivity contribution in [2.24, 2.45) is 0 Å². The molecule has 0 bridgehead atoms. The van der Waals surface area contributed by atoms with E-state index >= 15 is 0 Å². The van der Waals surface area contributed by atoms with Crippen LogP contribution in [-0.4, -0.2) is 19.0 Å². The van der Waals surface area contributed by atoms with Crippen molar-refractivity contribution in [3.63, 3.8) is 0 Å². The van der Waals surface area contributed by atoms with Crippen LogP contribution in [-0.2, 0) is 4.79 Å². The fourth-order valence-electron chi connectivity index (χ4n) is 1.10. The molecule has 0 radical (unpaired) electrons. The van der Waals surface area contributed by atoms with Crippen molar-refractivity contribution < 1.29 is 9.18 Å². The molecule has 0 fully saturated rings. The lowest BCUT2D eigenvalue weighted by atomic mass is 10.3. The number of benzene rings is 1. The van der Waals surface area contributed by atoms with Gasteiger partial charge in [0, 0.05) is 12.2 Å². The molecule has 0 heterocycles. The lowest BCUT2D eigenvalue weighted by Crippen LogP contribution is -2.29. The maximum atomic E-state index is 13.1. The Morgan fingerprint density at radius 3 is 2.44 bits per heavy atom. The van der Waals surface area contributed by atoms with Crippen molar-refractivity contribution in [1.82, 2.24) is 5.32 Å². The van der Waals surface area contributed by atoms with Gasteiger partial charge in [-0.15, -0.1) is 0 Å². The number of nitrogens with one attached hydrogen (secondary N) is 2. The van der Waals surface area contributed by atoms with Crippen molar-refractivity contribution in [1.29, 1.82) is 0 Å². The second-order valence-corrected chi connectivity index (χ2v) is 3.88. The molecule has 3 nitrogen and oxygen atoms in total. The minimum Gasteiger partial charge on any atom is -0.376 e. The zero-order valence-electron chi connectivity index (χ0n) is 8.61. The van der Waals surface area contributed by atoms with Crippen LogP contribution < -0.4 is 10.6 Å². The van der Waals surface area contributed by atoms with E-state index in [1.54, 1.807) is 0 Å². The summed E-state index contributed by atoms with van der Waals surface area (Å²) in [6, 6.07) is 2.75. The van der Waals surface area contributed by atoms with E-state index in [1.165, 1.54) is 12.1 Å². The lowest BCUT2D eigenvalue weighted by Gasteiger charge is -2.08. The van der Waals surface area contributed by atoms with Gasteiger partial charge in [0.15, 0.2) is 5.82 Å². The monoisotopic (exact) mass is 264 g/mol. The normalized spacial score (nSPS) is 10.0. The standard InChI is InChI=1S/C10H11Cl2FN2O/c1-2-14-9(16)5-15-6-3-7(11)10(13)8(12)4-6/h3-4,15H,2,5H2,1H3,(H,14,16). The third-order valence-corrected chi connectivity index (χ3v) is 2.36. The van der Waals surface area contributed by atoms with Gasteiger partial charge in [-0.1, -0.05) is 23.2 Å². The van der Waals surface area contributed by atoms with E-state index in [0.717, 1.165) is 0 Å². The highest BCUT2D eigenvalue weighted by atomic mass is 35.5. The zero-order chi connectivity index (χ0) is 12.1. The Balaban J connectivity index is 2.65. The first kappa shape index (κ1) is 13.1. The summed E-state index contributed by atoms with van der Waals surface area (Å²) in [7, 11) is 0. The van der Waals surface area contributed by atoms with Crippen molar-refractivity contribution in [2.45, 2.75) is 6.92 Å². The molecule has 0 saturated carbocycles. The molecular weight excluding hydrogens is 254 g/mol. The summed E-state index contributed by atoms with van der Waals surface area (Å²) in [5.41, 5.74) is 0.502. The third kappa shape index (κ3) is 3.54. The molecule has 88 valence electrons. The highest BCUT2D eigenvalue weighted by Crippen LogP contribution is 2.27. The predicted molar refractivity (Wildman–Crippen MR) is 63.6 cm³/mol. The minimum absolute atomic E-state index is 0.0779. The topological polar surface area (TPSA) is 41.1 Å². The summed E-state index contributed by atoms with van der Waals surface area (Å²) >= 11 is 11.2. The molecule has 0 saturated heterocycles. The van der Waals surface area contributed by atoms with Crippen molar-refractivity contribution in [2.75, 3.05) is 18.4 Å². The second kappa shape index (κ2) is 5.92. The Morgan fingerprint density at radius 1 is 1.38 bits per heavy atom. The lowest BCUT2D eigenvalue weighted by molar-refractivity contribution is -0.119. The molecule has 1 aromatic rings. The van der Waals surface area contributed by atoms with Crippen molar-refractivity contribution >= 4 is 34.8 Å². The van der Waals surface area contributed by atoms with Crippen LogP contribution in [0.25, 0.3) is 0 Å². The molecule has 1 amide bonds. The summed E-state index contributed by atoms with van der Waals surface area (Å²) in [5.74, 6) is -0.814. The number of likely N-dealkylation sites (N-methyl/N-ethyl adjacent to an activating group) is 1. The van der Waals surface area contributed by atoms with Crippen LogP contribution in [0.2, 0.25) is 10.0 Å². The van der Waals surface area contributed by atoms with Gasteiger partial charge in [-0.05, 0) is 19.1 Å². The summed E-state index contributed by atoms with van der Waals surface area (Å²) < 4.78 is 13.1. The number of carbonyl (C=O) groups is 1. The number of halogens is 3. The van der Waals surface area contributed by atoms with Crippen LogP contribution in [0.3, 0.4) is 0 Å². The zero-order valence-corrected chi connectivity index (χ0v) is 10.1. The maximum Gasteiger partial charge on any atom is 0.239 e. The van der Waals surface area contributed by atoms with Gasteiger partial charge in [0.05, 0.1) is 16.6 Å². The van der Waals surface area contributed by atoms with E-state index in [4.69, 9.17) is 23.2 Å². The molecule has 0 unspecified atom stereocenters. The van der Waals surface area contributed by atoms with E-state index in [0.29, 0.717) is 12.2 Å². The first-order valence-electron chi connectivity index (χ1n) is 4.69. The van der Waals surface area contributed by atoms with Gasteiger partial charge in [0.25, 0.3) is 0 Å². The number of amides is 1. The average Bonchev–Trinajstić information content (AvgIpc) is 2.23. The smallest absolute Gasteiger partial charge is 0.239 e. The molecule has 0 aromatic heterocycles. The van der Waals surface area contributed by atoms with Gasteiger partial charge in [0.2, 0.25) is 5.91 Å². The minimum atomic E-state index is -0.660. The van der Waals surface area contributed by atoms with Gasteiger partial charge in [-0.2, -0.15) is 0 Å². The van der Waals surface area contributed by atoms with Gasteiger partial charge in [-0.25, -0.2) is 4.39 Å². The molecule has 0 spiro atoms. The third-order valence-electron chi connectivity index (χ3n) is 1.81. The molecule has 0 aliphatic carbocycles. The van der Waals surface area contributed by atoms with Crippen LogP contribution in [0, 0.1) is 5.82 Å².